The van der Waals surface area contributed by atoms with Crippen LogP contribution in [-0.4, -0.2) is 18.3 Å². The molecule has 0 heterocycles. The molecule has 1 aromatic rings. The number of hydrogen-bond donors (Lipinski definition) is 2. The first-order valence-electron chi connectivity index (χ1n) is 4.75. The van der Waals surface area contributed by atoms with Gasteiger partial charge in [-0.15, -0.1) is 0 Å². The van der Waals surface area contributed by atoms with Crippen molar-refractivity contribution in [2.75, 3.05) is 13.2 Å². The Morgan fingerprint density at radius 2 is 2.20 bits per heavy atom. The van der Waals surface area contributed by atoms with Crippen molar-refractivity contribution in [3.05, 3.63) is 34.6 Å². The topological polar surface area (TPSA) is 46.2 Å². The average molecular weight is 232 g/mol. The Bertz CT molecular complexity index is 339. The van der Waals surface area contributed by atoms with Crippen molar-refractivity contribution in [1.29, 1.82) is 0 Å². The number of hydrogen-bond acceptors (Lipinski definition) is 2. The first-order valence-corrected chi connectivity index (χ1v) is 5.13. The second-order valence-electron chi connectivity index (χ2n) is 4.10. The van der Waals surface area contributed by atoms with Crippen molar-refractivity contribution in [3.8, 4) is 0 Å². The van der Waals surface area contributed by atoms with Gasteiger partial charge in [-0.25, -0.2) is 4.39 Å². The number of halogens is 2. The van der Waals surface area contributed by atoms with Crippen molar-refractivity contribution < 1.29 is 9.50 Å². The van der Waals surface area contributed by atoms with E-state index in [1.807, 2.05) is 6.92 Å². The molecule has 0 amide bonds. The molecule has 0 radical (unpaired) electrons. The third-order valence-electron chi connectivity index (χ3n) is 2.49. The highest BCUT2D eigenvalue weighted by Crippen LogP contribution is 2.23. The van der Waals surface area contributed by atoms with Crippen LogP contribution in [0.4, 0.5) is 4.39 Å². The minimum absolute atomic E-state index is 0.00149. The van der Waals surface area contributed by atoms with Gasteiger partial charge in [0.05, 0.1) is 5.02 Å². The summed E-state index contributed by atoms with van der Waals surface area (Å²) in [6.07, 6.45) is 0.583. The highest BCUT2D eigenvalue weighted by molar-refractivity contribution is 6.30. The Labute approximate surface area is 93.9 Å². The molecule has 3 N–H and O–H groups in total. The van der Waals surface area contributed by atoms with Gasteiger partial charge in [-0.05, 0) is 24.1 Å². The second-order valence-corrected chi connectivity index (χ2v) is 4.51. The minimum Gasteiger partial charge on any atom is -0.396 e. The van der Waals surface area contributed by atoms with Crippen LogP contribution < -0.4 is 5.73 Å². The van der Waals surface area contributed by atoms with Crippen molar-refractivity contribution in [1.82, 2.24) is 0 Å². The molecule has 0 aliphatic rings. The summed E-state index contributed by atoms with van der Waals surface area (Å²) in [5, 5.41) is 9.29. The van der Waals surface area contributed by atoms with E-state index in [0.29, 0.717) is 13.0 Å². The van der Waals surface area contributed by atoms with Crippen molar-refractivity contribution >= 4 is 11.6 Å². The highest BCUT2D eigenvalue weighted by Gasteiger charge is 2.22. The summed E-state index contributed by atoms with van der Waals surface area (Å²) in [4.78, 5) is 0. The summed E-state index contributed by atoms with van der Waals surface area (Å²) in [6, 6.07) is 4.55. The van der Waals surface area contributed by atoms with Gasteiger partial charge in [-0.3, -0.25) is 0 Å². The number of rotatable bonds is 4. The Morgan fingerprint density at radius 3 is 2.67 bits per heavy atom. The molecule has 1 atom stereocenters. The van der Waals surface area contributed by atoms with E-state index in [2.05, 4.69) is 0 Å². The maximum absolute atomic E-state index is 12.9. The fraction of sp³-hybridized carbons (Fsp3) is 0.455. The zero-order valence-corrected chi connectivity index (χ0v) is 9.39. The summed E-state index contributed by atoms with van der Waals surface area (Å²) in [5.41, 5.74) is 6.07. The Kier molecular flexibility index (Phi) is 4.08. The van der Waals surface area contributed by atoms with Crippen LogP contribution in [0.1, 0.15) is 12.5 Å². The predicted molar refractivity (Wildman–Crippen MR) is 59.4 cm³/mol. The lowest BCUT2D eigenvalue weighted by molar-refractivity contribution is 0.149. The lowest BCUT2D eigenvalue weighted by Crippen LogP contribution is -2.33. The van der Waals surface area contributed by atoms with Crippen molar-refractivity contribution in [3.63, 3.8) is 0 Å². The van der Waals surface area contributed by atoms with E-state index >= 15 is 0 Å². The van der Waals surface area contributed by atoms with Gasteiger partial charge in [0.1, 0.15) is 5.82 Å². The van der Waals surface area contributed by atoms with Gasteiger partial charge in [0, 0.05) is 18.6 Å². The third kappa shape index (κ3) is 3.16. The molecule has 2 nitrogen and oxygen atoms in total. The van der Waals surface area contributed by atoms with E-state index in [1.165, 1.54) is 6.07 Å². The molecule has 0 aromatic heterocycles. The lowest BCUT2D eigenvalue weighted by atomic mass is 9.84. The number of nitrogens with two attached hydrogens (primary N) is 1. The molecular weight excluding hydrogens is 217 g/mol. The van der Waals surface area contributed by atoms with Gasteiger partial charge in [0.25, 0.3) is 0 Å². The van der Waals surface area contributed by atoms with Crippen LogP contribution in [0.5, 0.6) is 0 Å². The van der Waals surface area contributed by atoms with Crippen molar-refractivity contribution in [2.24, 2.45) is 11.1 Å². The molecular formula is C11H15ClFNO. The maximum atomic E-state index is 12.9. The summed E-state index contributed by atoms with van der Waals surface area (Å²) >= 11 is 5.66. The van der Waals surface area contributed by atoms with Crippen molar-refractivity contribution in [2.45, 2.75) is 13.3 Å². The second kappa shape index (κ2) is 4.92. The van der Waals surface area contributed by atoms with E-state index in [0.717, 1.165) is 5.56 Å². The molecule has 1 rings (SSSR count). The molecule has 84 valence electrons. The number of benzene rings is 1. The minimum atomic E-state index is -0.432. The SMILES string of the molecule is CC(CN)(CO)Cc1ccc(F)c(Cl)c1. The van der Waals surface area contributed by atoms with Crippen LogP contribution >= 0.6 is 11.6 Å². The zero-order chi connectivity index (χ0) is 11.5. The molecule has 0 spiro atoms. The zero-order valence-electron chi connectivity index (χ0n) is 8.63. The van der Waals surface area contributed by atoms with E-state index in [9.17, 15) is 9.50 Å². The normalized spacial score (nSPS) is 15.0. The lowest BCUT2D eigenvalue weighted by Gasteiger charge is -2.25. The Balaban J connectivity index is 2.85. The van der Waals surface area contributed by atoms with Gasteiger partial charge in [-0.2, -0.15) is 0 Å². The third-order valence-corrected chi connectivity index (χ3v) is 2.78. The average Bonchev–Trinajstić information content (AvgIpc) is 2.23. The maximum Gasteiger partial charge on any atom is 0.141 e. The summed E-state index contributed by atoms with van der Waals surface area (Å²) in [5.74, 6) is -0.432. The number of aliphatic hydroxyl groups excluding tert-OH is 1. The van der Waals surface area contributed by atoms with E-state index < -0.39 is 5.82 Å². The predicted octanol–water partition coefficient (Wildman–Crippen LogP) is 1.98. The molecule has 0 bridgehead atoms. The van der Waals surface area contributed by atoms with Crippen LogP contribution in [0.2, 0.25) is 5.02 Å². The van der Waals surface area contributed by atoms with Gasteiger partial charge >= 0.3 is 0 Å². The van der Waals surface area contributed by atoms with Gasteiger partial charge in [0.2, 0.25) is 0 Å². The van der Waals surface area contributed by atoms with Gasteiger partial charge < -0.3 is 10.8 Å². The highest BCUT2D eigenvalue weighted by atomic mass is 35.5. The van der Waals surface area contributed by atoms with Crippen LogP contribution in [0.15, 0.2) is 18.2 Å². The fourth-order valence-electron chi connectivity index (χ4n) is 1.34. The quantitative estimate of drug-likeness (QED) is 0.833. The molecule has 4 heteroatoms. The van der Waals surface area contributed by atoms with E-state index in [1.54, 1.807) is 12.1 Å². The molecule has 1 unspecified atom stereocenters. The molecule has 0 fully saturated rings. The first kappa shape index (κ1) is 12.4. The van der Waals surface area contributed by atoms with Crippen LogP contribution in [-0.2, 0) is 6.42 Å². The number of aliphatic hydroxyl groups is 1. The smallest absolute Gasteiger partial charge is 0.141 e. The standard InChI is InChI=1S/C11H15ClFNO/c1-11(6-14,7-15)5-8-2-3-10(13)9(12)4-8/h2-4,15H,5-7,14H2,1H3. The van der Waals surface area contributed by atoms with Crippen LogP contribution in [0.3, 0.4) is 0 Å². The van der Waals surface area contributed by atoms with E-state index in [-0.39, 0.29) is 17.0 Å². The molecule has 15 heavy (non-hydrogen) atoms. The van der Waals surface area contributed by atoms with Crippen LogP contribution in [0, 0.1) is 11.2 Å². The van der Waals surface area contributed by atoms with E-state index in [4.69, 9.17) is 17.3 Å². The first-order chi connectivity index (χ1) is 7.00. The molecule has 1 aromatic carbocycles. The fourth-order valence-corrected chi connectivity index (χ4v) is 1.54. The summed E-state index contributed by atoms with van der Waals surface area (Å²) in [6.45, 7) is 2.25. The van der Waals surface area contributed by atoms with Crippen LogP contribution in [0.25, 0.3) is 0 Å². The molecule has 0 saturated heterocycles. The Hall–Kier alpha value is -0.640. The molecule has 0 saturated carbocycles. The Morgan fingerprint density at radius 1 is 1.53 bits per heavy atom. The largest absolute Gasteiger partial charge is 0.396 e. The summed E-state index contributed by atoms with van der Waals surface area (Å²) < 4.78 is 12.9. The van der Waals surface area contributed by atoms with Gasteiger partial charge in [0.15, 0.2) is 0 Å². The monoisotopic (exact) mass is 231 g/mol. The summed E-state index contributed by atoms with van der Waals surface area (Å²) in [7, 11) is 0. The molecule has 0 aliphatic carbocycles. The molecule has 0 aliphatic heterocycles. The van der Waals surface area contributed by atoms with Gasteiger partial charge in [-0.1, -0.05) is 24.6 Å².